The molecule has 0 atom stereocenters. The van der Waals surface area contributed by atoms with Crippen molar-refractivity contribution in [2.75, 3.05) is 24.6 Å². The Morgan fingerprint density at radius 1 is 0.706 bits per heavy atom. The first-order chi connectivity index (χ1) is 15.5. The molecule has 0 aliphatic rings. The van der Waals surface area contributed by atoms with Crippen molar-refractivity contribution < 1.29 is 43.5 Å². The van der Waals surface area contributed by atoms with Gasteiger partial charge in [0.1, 0.15) is 13.1 Å². The van der Waals surface area contributed by atoms with Crippen LogP contribution in [0.3, 0.4) is 0 Å². The fourth-order valence-electron chi connectivity index (χ4n) is 2.97. The summed E-state index contributed by atoms with van der Waals surface area (Å²) in [5.41, 5.74) is 2.48. The minimum atomic E-state index is 0. The van der Waals surface area contributed by atoms with Gasteiger partial charge in [-0.05, 0) is 25.0 Å². The minimum Gasteiger partial charge on any atom is -1.00 e. The molecule has 0 fully saturated rings. The van der Waals surface area contributed by atoms with Crippen molar-refractivity contribution in [3.05, 3.63) is 60.2 Å². The Kier molecular flexibility index (Phi) is 18.9. The van der Waals surface area contributed by atoms with Gasteiger partial charge in [-0.25, -0.2) is 9.13 Å². The topological polar surface area (TPSA) is 66.0 Å². The Morgan fingerprint density at radius 2 is 1.06 bits per heavy atom. The second-order valence-corrected chi connectivity index (χ2v) is 10.5. The maximum atomic E-state index is 11.9. The minimum absolute atomic E-state index is 0. The predicted molar refractivity (Wildman–Crippen MR) is 132 cm³/mol. The van der Waals surface area contributed by atoms with E-state index in [4.69, 9.17) is 0 Å². The van der Waals surface area contributed by atoms with Gasteiger partial charge >= 0.3 is 0 Å². The first kappa shape index (κ1) is 32.5. The largest absolute Gasteiger partial charge is 1.00 e. The lowest BCUT2D eigenvalue weighted by Crippen LogP contribution is -3.00. The number of carbonyl (C=O) groups is 2. The third-order valence-corrected chi connectivity index (χ3v) is 7.26. The molecule has 0 saturated heterocycles. The molecule has 0 unspecified atom stereocenters. The van der Waals surface area contributed by atoms with E-state index in [1.807, 2.05) is 24.8 Å². The van der Waals surface area contributed by atoms with Crippen LogP contribution in [-0.4, -0.2) is 36.4 Å². The van der Waals surface area contributed by atoms with Crippen LogP contribution in [0.4, 0.5) is 0 Å². The summed E-state index contributed by atoms with van der Waals surface area (Å²) in [4.78, 5) is 23.8. The van der Waals surface area contributed by atoms with E-state index in [-0.39, 0.29) is 36.6 Å². The average Bonchev–Trinajstić information content (AvgIpc) is 2.78. The van der Waals surface area contributed by atoms with E-state index in [0.717, 1.165) is 37.4 Å². The molecule has 6 nitrogen and oxygen atoms in total. The van der Waals surface area contributed by atoms with E-state index >= 15 is 0 Å². The molecule has 2 aromatic heterocycles. The van der Waals surface area contributed by atoms with Crippen LogP contribution in [-0.2, 0) is 22.7 Å². The van der Waals surface area contributed by atoms with Crippen LogP contribution in [0.1, 0.15) is 36.8 Å². The van der Waals surface area contributed by atoms with Crippen LogP contribution >= 0.6 is 21.6 Å². The van der Waals surface area contributed by atoms with Gasteiger partial charge in [-0.1, -0.05) is 21.6 Å². The van der Waals surface area contributed by atoms with Crippen LogP contribution in [0, 0.1) is 13.8 Å². The van der Waals surface area contributed by atoms with Crippen LogP contribution in [0.25, 0.3) is 0 Å². The van der Waals surface area contributed by atoms with Gasteiger partial charge in [-0.15, -0.1) is 0 Å². The highest BCUT2D eigenvalue weighted by Gasteiger charge is 2.06. The highest BCUT2D eigenvalue weighted by Crippen LogP contribution is 2.19. The van der Waals surface area contributed by atoms with Crippen LogP contribution in [0.2, 0.25) is 0 Å². The SMILES string of the molecule is Cc1cc[n+](CCCC(=O)NCCSSCCNC(=O)CCC[n+]2ccc(C)cc2)cc1.[Cl-].[Cl-]. The summed E-state index contributed by atoms with van der Waals surface area (Å²) in [6, 6.07) is 8.30. The number of amides is 2. The molecule has 0 aromatic carbocycles. The highest BCUT2D eigenvalue weighted by atomic mass is 35.5. The number of nitrogens with one attached hydrogen (secondary N) is 2. The zero-order valence-electron chi connectivity index (χ0n) is 20.0. The third-order valence-electron chi connectivity index (χ3n) is 4.85. The first-order valence-electron chi connectivity index (χ1n) is 11.2. The van der Waals surface area contributed by atoms with Crippen molar-refractivity contribution in [2.24, 2.45) is 0 Å². The van der Waals surface area contributed by atoms with E-state index < -0.39 is 0 Å². The van der Waals surface area contributed by atoms with Gasteiger partial charge in [-0.3, -0.25) is 9.59 Å². The average molecular weight is 548 g/mol. The summed E-state index contributed by atoms with van der Waals surface area (Å²) in [6.07, 6.45) is 11.0. The summed E-state index contributed by atoms with van der Waals surface area (Å²) in [7, 11) is 3.46. The molecule has 0 saturated carbocycles. The van der Waals surface area contributed by atoms with E-state index in [1.165, 1.54) is 11.1 Å². The van der Waals surface area contributed by atoms with Gasteiger partial charge in [0.15, 0.2) is 24.8 Å². The molecule has 0 aliphatic heterocycles. The smallest absolute Gasteiger partial charge is 0.220 e. The Bertz CT molecular complexity index is 755. The normalized spacial score (nSPS) is 10.1. The maximum Gasteiger partial charge on any atom is 0.220 e. The second kappa shape index (κ2) is 19.8. The molecule has 0 radical (unpaired) electrons. The molecule has 0 bridgehead atoms. The first-order valence-corrected chi connectivity index (χ1v) is 13.7. The van der Waals surface area contributed by atoms with Crippen molar-refractivity contribution in [3.63, 3.8) is 0 Å². The Morgan fingerprint density at radius 3 is 1.41 bits per heavy atom. The zero-order valence-corrected chi connectivity index (χ0v) is 23.1. The molecule has 10 heteroatoms. The number of rotatable bonds is 15. The van der Waals surface area contributed by atoms with Crippen LogP contribution < -0.4 is 44.6 Å². The van der Waals surface area contributed by atoms with Crippen molar-refractivity contribution in [1.29, 1.82) is 0 Å². The standard InChI is InChI=1S/C24H34N4O2S2.2ClH/c1-21-7-15-27(16-8-21)13-3-5-23(29)25-11-19-31-32-20-12-26-24(30)6-4-14-28-17-9-22(2)10-18-28;;/h7-10,15-18H,3-6,11-14,19-20H2,1-2H3;2*1H. The predicted octanol–water partition coefficient (Wildman–Crippen LogP) is -3.24. The van der Waals surface area contributed by atoms with Crippen molar-refractivity contribution >= 4 is 33.4 Å². The number of hydrogen-bond acceptors (Lipinski definition) is 4. The number of aromatic nitrogens is 2. The number of carbonyl (C=O) groups excluding carboxylic acids is 2. The quantitative estimate of drug-likeness (QED) is 0.140. The zero-order chi connectivity index (χ0) is 23.0. The molecule has 0 aliphatic carbocycles. The molecule has 2 aromatic rings. The highest BCUT2D eigenvalue weighted by molar-refractivity contribution is 8.76. The van der Waals surface area contributed by atoms with E-state index in [1.54, 1.807) is 21.6 Å². The number of hydrogen-bond donors (Lipinski definition) is 2. The maximum absolute atomic E-state index is 11.9. The number of nitrogens with zero attached hydrogens (tertiary/aromatic N) is 2. The van der Waals surface area contributed by atoms with E-state index in [0.29, 0.717) is 25.9 Å². The van der Waals surface area contributed by atoms with Gasteiger partial charge in [0.05, 0.1) is 0 Å². The molecule has 0 spiro atoms. The summed E-state index contributed by atoms with van der Waals surface area (Å²) in [5, 5.41) is 5.95. The lowest BCUT2D eigenvalue weighted by molar-refractivity contribution is -0.697. The monoisotopic (exact) mass is 546 g/mol. The van der Waals surface area contributed by atoms with E-state index in [2.05, 4.69) is 57.9 Å². The van der Waals surface area contributed by atoms with Gasteiger partial charge in [-0.2, -0.15) is 0 Å². The lowest BCUT2D eigenvalue weighted by atomic mass is 10.2. The molecule has 34 heavy (non-hydrogen) atoms. The fraction of sp³-hybridized carbons (Fsp3) is 0.500. The molecule has 2 heterocycles. The Labute approximate surface area is 224 Å². The molecule has 2 amide bonds. The fourth-order valence-corrected chi connectivity index (χ4v) is 4.78. The molecular formula is C24H36Cl2N4O2S2. The molecule has 2 N–H and O–H groups in total. The second-order valence-electron chi connectivity index (χ2n) is 7.78. The lowest BCUT2D eigenvalue weighted by Gasteiger charge is -2.06. The Hall–Kier alpha value is -1.48. The van der Waals surface area contributed by atoms with Gasteiger partial charge < -0.3 is 35.4 Å². The number of halogens is 2. The summed E-state index contributed by atoms with van der Waals surface area (Å²) < 4.78 is 4.21. The van der Waals surface area contributed by atoms with Crippen LogP contribution in [0.15, 0.2) is 49.1 Å². The Balaban J connectivity index is 0.00000544. The van der Waals surface area contributed by atoms with Gasteiger partial charge in [0, 0.05) is 74.5 Å². The third kappa shape index (κ3) is 15.4. The number of pyridine rings is 2. The van der Waals surface area contributed by atoms with E-state index in [9.17, 15) is 9.59 Å². The summed E-state index contributed by atoms with van der Waals surface area (Å²) >= 11 is 0. The molecule has 2 rings (SSSR count). The van der Waals surface area contributed by atoms with Crippen LogP contribution in [0.5, 0.6) is 0 Å². The molecule has 190 valence electrons. The van der Waals surface area contributed by atoms with Crippen molar-refractivity contribution in [3.8, 4) is 0 Å². The summed E-state index contributed by atoms with van der Waals surface area (Å²) in [6.45, 7) is 7.20. The molecular weight excluding hydrogens is 511 g/mol. The summed E-state index contributed by atoms with van der Waals surface area (Å²) in [5.74, 6) is 1.95. The van der Waals surface area contributed by atoms with Gasteiger partial charge in [0.2, 0.25) is 11.8 Å². The van der Waals surface area contributed by atoms with Gasteiger partial charge in [0.25, 0.3) is 0 Å². The number of aryl methyl sites for hydroxylation is 4. The van der Waals surface area contributed by atoms with Crippen molar-refractivity contribution in [2.45, 2.75) is 52.6 Å². The van der Waals surface area contributed by atoms with Crippen molar-refractivity contribution in [1.82, 2.24) is 10.6 Å².